The van der Waals surface area contributed by atoms with Crippen molar-refractivity contribution in [3.63, 3.8) is 0 Å². The van der Waals surface area contributed by atoms with Crippen molar-refractivity contribution in [2.75, 3.05) is 33.2 Å². The zero-order chi connectivity index (χ0) is 16.8. The van der Waals surface area contributed by atoms with Crippen molar-refractivity contribution in [3.05, 3.63) is 0 Å². The van der Waals surface area contributed by atoms with Crippen LogP contribution in [0.15, 0.2) is 0 Å². The zero-order valence-corrected chi connectivity index (χ0v) is 16.5. The Labute approximate surface area is 141 Å². The molecule has 0 aromatic rings. The van der Waals surface area contributed by atoms with E-state index < -0.39 is 0 Å². The van der Waals surface area contributed by atoms with E-state index >= 15 is 0 Å². The van der Waals surface area contributed by atoms with Crippen LogP contribution in [0.4, 0.5) is 0 Å². The second-order valence-electron chi connectivity index (χ2n) is 7.70. The summed E-state index contributed by atoms with van der Waals surface area (Å²) in [6, 6.07) is 0. The van der Waals surface area contributed by atoms with Gasteiger partial charge in [-0.2, -0.15) is 0 Å². The SMILES string of the molecule is CC(C)CC1CCC(C)CC1.CCCN(CCC)CCNC. The molecule has 1 fully saturated rings. The molecule has 0 aromatic heterocycles. The molecule has 134 valence electrons. The lowest BCUT2D eigenvalue weighted by atomic mass is 9.79. The van der Waals surface area contributed by atoms with Gasteiger partial charge in [0.2, 0.25) is 0 Å². The van der Waals surface area contributed by atoms with Gasteiger partial charge in [0, 0.05) is 13.1 Å². The van der Waals surface area contributed by atoms with Gasteiger partial charge in [0.1, 0.15) is 0 Å². The molecule has 0 saturated heterocycles. The molecular weight excluding hydrogens is 268 g/mol. The van der Waals surface area contributed by atoms with Crippen molar-refractivity contribution >= 4 is 0 Å². The van der Waals surface area contributed by atoms with Crippen molar-refractivity contribution in [3.8, 4) is 0 Å². The molecule has 0 amide bonds. The molecule has 0 spiro atoms. The Kier molecular flexibility index (Phi) is 14.5. The maximum Gasteiger partial charge on any atom is 0.0107 e. The lowest BCUT2D eigenvalue weighted by molar-refractivity contribution is 0.256. The minimum atomic E-state index is 0.911. The first-order valence-corrected chi connectivity index (χ1v) is 9.90. The lowest BCUT2D eigenvalue weighted by Gasteiger charge is -2.27. The molecule has 2 nitrogen and oxygen atoms in total. The van der Waals surface area contributed by atoms with E-state index in [0.29, 0.717) is 0 Å². The maximum absolute atomic E-state index is 3.17. The molecular formula is C20H44N2. The van der Waals surface area contributed by atoms with Crippen molar-refractivity contribution in [2.24, 2.45) is 17.8 Å². The third kappa shape index (κ3) is 12.5. The normalized spacial score (nSPS) is 21.8. The van der Waals surface area contributed by atoms with E-state index in [1.165, 1.54) is 64.6 Å². The molecule has 1 N–H and O–H groups in total. The summed E-state index contributed by atoms with van der Waals surface area (Å²) in [5.74, 6) is 2.98. The van der Waals surface area contributed by atoms with Gasteiger partial charge in [-0.15, -0.1) is 0 Å². The number of rotatable bonds is 9. The summed E-state index contributed by atoms with van der Waals surface area (Å²) >= 11 is 0. The lowest BCUT2D eigenvalue weighted by Crippen LogP contribution is -2.32. The quantitative estimate of drug-likeness (QED) is 0.630. The largest absolute Gasteiger partial charge is 0.318 e. The molecule has 0 heterocycles. The predicted molar refractivity (Wildman–Crippen MR) is 102 cm³/mol. The number of likely N-dealkylation sites (N-methyl/N-ethyl adjacent to an activating group) is 1. The van der Waals surface area contributed by atoms with Crippen molar-refractivity contribution < 1.29 is 0 Å². The highest BCUT2D eigenvalue weighted by atomic mass is 15.1. The Hall–Kier alpha value is -0.0800. The van der Waals surface area contributed by atoms with Crippen LogP contribution in [0.1, 0.15) is 79.6 Å². The van der Waals surface area contributed by atoms with E-state index in [-0.39, 0.29) is 0 Å². The van der Waals surface area contributed by atoms with Crippen molar-refractivity contribution in [1.29, 1.82) is 0 Å². The number of hydrogen-bond acceptors (Lipinski definition) is 2. The van der Waals surface area contributed by atoms with E-state index in [1.807, 2.05) is 7.05 Å². The van der Waals surface area contributed by atoms with E-state index in [2.05, 4.69) is 44.8 Å². The Morgan fingerprint density at radius 2 is 1.50 bits per heavy atom. The molecule has 0 bridgehead atoms. The summed E-state index contributed by atoms with van der Waals surface area (Å²) in [4.78, 5) is 2.51. The van der Waals surface area contributed by atoms with Gasteiger partial charge in [-0.1, -0.05) is 60.3 Å². The molecule has 1 aliphatic carbocycles. The standard InChI is InChI=1S/C11H22.C9H22N2/c1-9(2)8-11-6-4-10(3)5-7-11;1-4-7-11(8-5-2)9-6-10-3/h9-11H,4-8H2,1-3H3;10H,4-9H2,1-3H3. The molecule has 1 aliphatic rings. The van der Waals surface area contributed by atoms with Gasteiger partial charge < -0.3 is 10.2 Å². The highest BCUT2D eigenvalue weighted by Gasteiger charge is 2.18. The van der Waals surface area contributed by atoms with Gasteiger partial charge in [-0.3, -0.25) is 0 Å². The summed E-state index contributed by atoms with van der Waals surface area (Å²) in [5, 5.41) is 3.17. The third-order valence-electron chi connectivity index (χ3n) is 4.70. The van der Waals surface area contributed by atoms with E-state index in [9.17, 15) is 0 Å². The van der Waals surface area contributed by atoms with Crippen LogP contribution < -0.4 is 5.32 Å². The van der Waals surface area contributed by atoms with Crippen LogP contribution in [0.25, 0.3) is 0 Å². The summed E-state index contributed by atoms with van der Waals surface area (Å²) < 4.78 is 0. The zero-order valence-electron chi connectivity index (χ0n) is 16.5. The first-order valence-electron chi connectivity index (χ1n) is 9.90. The molecule has 0 atom stereocenters. The average Bonchev–Trinajstić information content (AvgIpc) is 2.48. The van der Waals surface area contributed by atoms with Gasteiger partial charge in [-0.25, -0.2) is 0 Å². The minimum Gasteiger partial charge on any atom is -0.318 e. The van der Waals surface area contributed by atoms with Crippen LogP contribution in [0.2, 0.25) is 0 Å². The van der Waals surface area contributed by atoms with E-state index in [4.69, 9.17) is 0 Å². The number of hydrogen-bond donors (Lipinski definition) is 1. The number of nitrogens with zero attached hydrogens (tertiary/aromatic N) is 1. The first-order chi connectivity index (χ1) is 10.5. The average molecular weight is 313 g/mol. The molecule has 0 unspecified atom stereocenters. The molecule has 22 heavy (non-hydrogen) atoms. The first kappa shape index (κ1) is 21.9. The van der Waals surface area contributed by atoms with Gasteiger partial charge in [-0.05, 0) is 57.2 Å². The Morgan fingerprint density at radius 1 is 0.955 bits per heavy atom. The molecule has 2 heteroatoms. The molecule has 0 aromatic carbocycles. The predicted octanol–water partition coefficient (Wildman–Crippen LogP) is 5.19. The summed E-state index contributed by atoms with van der Waals surface area (Å²) in [6.07, 6.45) is 9.97. The van der Waals surface area contributed by atoms with Crippen LogP contribution >= 0.6 is 0 Å². The molecule has 1 rings (SSSR count). The minimum absolute atomic E-state index is 0.911. The number of nitrogens with one attached hydrogen (secondary N) is 1. The second-order valence-corrected chi connectivity index (χ2v) is 7.70. The van der Waals surface area contributed by atoms with Crippen LogP contribution in [-0.4, -0.2) is 38.1 Å². The second kappa shape index (κ2) is 14.5. The van der Waals surface area contributed by atoms with E-state index in [0.717, 1.165) is 24.3 Å². The van der Waals surface area contributed by atoms with Gasteiger partial charge in [0.25, 0.3) is 0 Å². The van der Waals surface area contributed by atoms with Crippen molar-refractivity contribution in [2.45, 2.75) is 79.6 Å². The Morgan fingerprint density at radius 3 is 1.91 bits per heavy atom. The third-order valence-corrected chi connectivity index (χ3v) is 4.70. The van der Waals surface area contributed by atoms with Gasteiger partial charge >= 0.3 is 0 Å². The topological polar surface area (TPSA) is 15.3 Å². The Balaban J connectivity index is 0.000000401. The maximum atomic E-state index is 3.17. The van der Waals surface area contributed by atoms with E-state index in [1.54, 1.807) is 0 Å². The smallest absolute Gasteiger partial charge is 0.0107 e. The van der Waals surface area contributed by atoms with Gasteiger partial charge in [0.15, 0.2) is 0 Å². The highest BCUT2D eigenvalue weighted by Crippen LogP contribution is 2.31. The molecule has 0 radical (unpaired) electrons. The fraction of sp³-hybridized carbons (Fsp3) is 1.00. The summed E-state index contributed by atoms with van der Waals surface area (Å²) in [7, 11) is 2.01. The van der Waals surface area contributed by atoms with Gasteiger partial charge in [0.05, 0.1) is 0 Å². The molecule has 1 saturated carbocycles. The fourth-order valence-electron chi connectivity index (χ4n) is 3.47. The van der Waals surface area contributed by atoms with Crippen LogP contribution in [-0.2, 0) is 0 Å². The monoisotopic (exact) mass is 312 g/mol. The van der Waals surface area contributed by atoms with Crippen LogP contribution in [0.5, 0.6) is 0 Å². The van der Waals surface area contributed by atoms with Crippen molar-refractivity contribution in [1.82, 2.24) is 10.2 Å². The molecule has 0 aliphatic heterocycles. The van der Waals surface area contributed by atoms with Crippen LogP contribution in [0.3, 0.4) is 0 Å². The Bertz CT molecular complexity index is 214. The summed E-state index contributed by atoms with van der Waals surface area (Å²) in [6.45, 7) is 16.4. The fourth-order valence-corrected chi connectivity index (χ4v) is 3.47. The van der Waals surface area contributed by atoms with Crippen LogP contribution in [0, 0.1) is 17.8 Å². The summed E-state index contributed by atoms with van der Waals surface area (Å²) in [5.41, 5.74) is 0. The highest BCUT2D eigenvalue weighted by molar-refractivity contribution is 4.70.